The smallest absolute Gasteiger partial charge is 0.237 e. The van der Waals surface area contributed by atoms with E-state index in [0.717, 1.165) is 32.2 Å². The predicted octanol–water partition coefficient (Wildman–Crippen LogP) is 2.28. The molecule has 3 atom stereocenters. The van der Waals surface area contributed by atoms with E-state index in [4.69, 9.17) is 0 Å². The van der Waals surface area contributed by atoms with Crippen molar-refractivity contribution in [1.82, 2.24) is 10.2 Å². The minimum absolute atomic E-state index is 0.0936. The van der Waals surface area contributed by atoms with E-state index in [2.05, 4.69) is 29.3 Å². The van der Waals surface area contributed by atoms with Crippen LogP contribution in [0.25, 0.3) is 0 Å². The second-order valence-corrected chi connectivity index (χ2v) is 6.76. The van der Waals surface area contributed by atoms with Crippen molar-refractivity contribution < 1.29 is 9.90 Å². The van der Waals surface area contributed by atoms with Crippen molar-refractivity contribution >= 4 is 5.91 Å². The molecular formula is C19H30N2O2. The molecule has 1 aromatic carbocycles. The van der Waals surface area contributed by atoms with E-state index in [1.54, 1.807) is 0 Å². The molecule has 0 bridgehead atoms. The fraction of sp³-hybridized carbons (Fsp3) is 0.632. The van der Waals surface area contributed by atoms with Gasteiger partial charge in [-0.2, -0.15) is 0 Å². The molecule has 1 amide bonds. The van der Waals surface area contributed by atoms with Crippen LogP contribution in [0.5, 0.6) is 0 Å². The minimum atomic E-state index is -0.308. The van der Waals surface area contributed by atoms with Crippen molar-refractivity contribution in [1.29, 1.82) is 0 Å². The van der Waals surface area contributed by atoms with E-state index >= 15 is 0 Å². The van der Waals surface area contributed by atoms with Gasteiger partial charge in [-0.05, 0) is 64.1 Å². The van der Waals surface area contributed by atoms with Gasteiger partial charge >= 0.3 is 0 Å². The number of aliphatic hydroxyl groups is 1. The Bertz CT molecular complexity index is 516. The summed E-state index contributed by atoms with van der Waals surface area (Å²) in [5.74, 6) is 0.0936. The first-order chi connectivity index (χ1) is 11.0. The zero-order valence-corrected chi connectivity index (χ0v) is 14.6. The molecule has 1 aliphatic heterocycles. The highest BCUT2D eigenvalue weighted by Gasteiger charge is 2.32. The monoisotopic (exact) mass is 318 g/mol. The SMILES string of the molecule is Cc1ccccc1CCNC(=O)C(C)N1CCCC1CC(C)O. The number of rotatable bonds is 7. The molecular weight excluding hydrogens is 288 g/mol. The number of carbonyl (C=O) groups is 1. The molecule has 1 aliphatic rings. The number of benzene rings is 1. The summed E-state index contributed by atoms with van der Waals surface area (Å²) in [7, 11) is 0. The Morgan fingerprint density at radius 2 is 2.13 bits per heavy atom. The van der Waals surface area contributed by atoms with Crippen molar-refractivity contribution in [3.63, 3.8) is 0 Å². The maximum absolute atomic E-state index is 12.4. The fourth-order valence-corrected chi connectivity index (χ4v) is 3.52. The molecule has 0 aliphatic carbocycles. The van der Waals surface area contributed by atoms with Crippen LogP contribution in [0.1, 0.15) is 44.2 Å². The average molecular weight is 318 g/mol. The van der Waals surface area contributed by atoms with Gasteiger partial charge in [0.1, 0.15) is 0 Å². The third kappa shape index (κ3) is 5.05. The van der Waals surface area contributed by atoms with Crippen LogP contribution in [0.15, 0.2) is 24.3 Å². The molecule has 2 rings (SSSR count). The normalized spacial score (nSPS) is 21.1. The van der Waals surface area contributed by atoms with E-state index in [1.807, 2.05) is 26.0 Å². The van der Waals surface area contributed by atoms with Crippen molar-refractivity contribution in [2.24, 2.45) is 0 Å². The molecule has 4 nitrogen and oxygen atoms in total. The molecule has 1 heterocycles. The van der Waals surface area contributed by atoms with Crippen molar-refractivity contribution in [2.45, 2.75) is 64.6 Å². The molecule has 0 spiro atoms. The van der Waals surface area contributed by atoms with Gasteiger partial charge in [0.2, 0.25) is 5.91 Å². The van der Waals surface area contributed by atoms with E-state index < -0.39 is 0 Å². The Morgan fingerprint density at radius 1 is 1.39 bits per heavy atom. The number of amides is 1. The molecule has 3 unspecified atom stereocenters. The first-order valence-electron chi connectivity index (χ1n) is 8.75. The van der Waals surface area contributed by atoms with Crippen LogP contribution >= 0.6 is 0 Å². The molecule has 4 heteroatoms. The number of nitrogens with zero attached hydrogens (tertiary/aromatic N) is 1. The molecule has 1 aromatic rings. The minimum Gasteiger partial charge on any atom is -0.393 e. The van der Waals surface area contributed by atoms with Crippen LogP contribution in [-0.2, 0) is 11.2 Å². The van der Waals surface area contributed by atoms with E-state index in [-0.39, 0.29) is 18.1 Å². The van der Waals surface area contributed by atoms with Gasteiger partial charge in [0.25, 0.3) is 0 Å². The van der Waals surface area contributed by atoms with Gasteiger partial charge in [-0.25, -0.2) is 0 Å². The lowest BCUT2D eigenvalue weighted by molar-refractivity contribution is -0.126. The molecule has 0 aromatic heterocycles. The highest BCUT2D eigenvalue weighted by molar-refractivity contribution is 5.81. The highest BCUT2D eigenvalue weighted by Crippen LogP contribution is 2.23. The maximum atomic E-state index is 12.4. The molecule has 1 saturated heterocycles. The van der Waals surface area contributed by atoms with Gasteiger partial charge in [-0.15, -0.1) is 0 Å². The Hall–Kier alpha value is -1.39. The Morgan fingerprint density at radius 3 is 2.83 bits per heavy atom. The molecule has 128 valence electrons. The Labute approximate surface area is 139 Å². The first-order valence-corrected chi connectivity index (χ1v) is 8.75. The summed E-state index contributed by atoms with van der Waals surface area (Å²) in [6.45, 7) is 7.52. The lowest BCUT2D eigenvalue weighted by Crippen LogP contribution is -2.48. The van der Waals surface area contributed by atoms with E-state index in [0.29, 0.717) is 12.6 Å². The Kier molecular flexibility index (Phi) is 6.60. The van der Waals surface area contributed by atoms with Gasteiger partial charge in [-0.1, -0.05) is 24.3 Å². The quantitative estimate of drug-likeness (QED) is 0.811. The van der Waals surface area contributed by atoms with Gasteiger partial charge < -0.3 is 10.4 Å². The third-order valence-corrected chi connectivity index (χ3v) is 4.87. The zero-order chi connectivity index (χ0) is 16.8. The summed E-state index contributed by atoms with van der Waals surface area (Å²) in [5, 5.41) is 12.7. The number of likely N-dealkylation sites (tertiary alicyclic amines) is 1. The van der Waals surface area contributed by atoms with Crippen molar-refractivity contribution in [3.05, 3.63) is 35.4 Å². The van der Waals surface area contributed by atoms with Crippen LogP contribution in [0.4, 0.5) is 0 Å². The summed E-state index contributed by atoms with van der Waals surface area (Å²) in [5.41, 5.74) is 2.56. The number of nitrogens with one attached hydrogen (secondary N) is 1. The predicted molar refractivity (Wildman–Crippen MR) is 93.4 cm³/mol. The van der Waals surface area contributed by atoms with Gasteiger partial charge in [0.05, 0.1) is 12.1 Å². The summed E-state index contributed by atoms with van der Waals surface area (Å²) >= 11 is 0. The standard InChI is InChI=1S/C19H30N2O2/c1-14-7-4-5-8-17(14)10-11-20-19(23)16(3)21-12-6-9-18(21)13-15(2)22/h4-5,7-8,15-16,18,22H,6,9-13H2,1-3H3,(H,20,23). The highest BCUT2D eigenvalue weighted by atomic mass is 16.3. The van der Waals surface area contributed by atoms with Crippen LogP contribution in [0.3, 0.4) is 0 Å². The lowest BCUT2D eigenvalue weighted by Gasteiger charge is -2.30. The summed E-state index contributed by atoms with van der Waals surface area (Å²) in [6.07, 6.45) is 3.49. The second-order valence-electron chi connectivity index (χ2n) is 6.76. The summed E-state index contributed by atoms with van der Waals surface area (Å²) in [6, 6.07) is 8.49. The second kappa shape index (κ2) is 8.46. The van der Waals surface area contributed by atoms with Crippen LogP contribution in [-0.4, -0.2) is 47.2 Å². The van der Waals surface area contributed by atoms with Crippen molar-refractivity contribution in [3.8, 4) is 0 Å². The lowest BCUT2D eigenvalue weighted by atomic mass is 10.1. The molecule has 1 fully saturated rings. The number of carbonyl (C=O) groups excluding carboxylic acids is 1. The summed E-state index contributed by atoms with van der Waals surface area (Å²) in [4.78, 5) is 14.7. The van der Waals surface area contributed by atoms with Gasteiger partial charge in [0, 0.05) is 12.6 Å². The fourth-order valence-electron chi connectivity index (χ4n) is 3.52. The molecule has 0 saturated carbocycles. The Balaban J connectivity index is 1.81. The summed E-state index contributed by atoms with van der Waals surface area (Å²) < 4.78 is 0. The van der Waals surface area contributed by atoms with E-state index in [1.165, 1.54) is 11.1 Å². The van der Waals surface area contributed by atoms with Crippen LogP contribution in [0.2, 0.25) is 0 Å². The molecule has 23 heavy (non-hydrogen) atoms. The van der Waals surface area contributed by atoms with Crippen LogP contribution < -0.4 is 5.32 Å². The number of hydrogen-bond acceptors (Lipinski definition) is 3. The average Bonchev–Trinajstić information content (AvgIpc) is 2.95. The van der Waals surface area contributed by atoms with Crippen molar-refractivity contribution in [2.75, 3.05) is 13.1 Å². The topological polar surface area (TPSA) is 52.6 Å². The largest absolute Gasteiger partial charge is 0.393 e. The van der Waals surface area contributed by atoms with Crippen LogP contribution in [0, 0.1) is 6.92 Å². The third-order valence-electron chi connectivity index (χ3n) is 4.87. The molecule has 0 radical (unpaired) electrons. The number of aryl methyl sites for hydroxylation is 1. The zero-order valence-electron chi connectivity index (χ0n) is 14.6. The van der Waals surface area contributed by atoms with Gasteiger partial charge in [0.15, 0.2) is 0 Å². The maximum Gasteiger partial charge on any atom is 0.237 e. The molecule has 2 N–H and O–H groups in total. The van der Waals surface area contributed by atoms with E-state index in [9.17, 15) is 9.90 Å². The first kappa shape index (κ1) is 18.0. The number of aliphatic hydroxyl groups excluding tert-OH is 1. The van der Waals surface area contributed by atoms with Gasteiger partial charge in [-0.3, -0.25) is 9.69 Å². The number of hydrogen-bond donors (Lipinski definition) is 2.